The maximum atomic E-state index is 12.9. The fraction of sp³-hybridized carbons (Fsp3) is 0.308. The molecule has 0 fully saturated rings. The second-order valence-electron chi connectivity index (χ2n) is 4.23. The number of thiazole rings is 1. The molecule has 108 valence electrons. The second kappa shape index (κ2) is 5.70. The third-order valence-corrected chi connectivity index (χ3v) is 3.87. The van der Waals surface area contributed by atoms with E-state index in [1.165, 1.54) is 23.5 Å². The van der Waals surface area contributed by atoms with E-state index in [1.54, 1.807) is 6.20 Å². The molecule has 1 aromatic heterocycles. The van der Waals surface area contributed by atoms with Crippen LogP contribution in [0.5, 0.6) is 0 Å². The highest BCUT2D eigenvalue weighted by Crippen LogP contribution is 2.36. The molecule has 20 heavy (non-hydrogen) atoms. The maximum absolute atomic E-state index is 12.9. The quantitative estimate of drug-likeness (QED) is 0.842. The molecule has 0 aliphatic rings. The van der Waals surface area contributed by atoms with E-state index in [9.17, 15) is 13.2 Å². The van der Waals surface area contributed by atoms with Crippen LogP contribution < -0.4 is 11.1 Å². The molecule has 0 aliphatic carbocycles. The van der Waals surface area contributed by atoms with Gasteiger partial charge in [0.1, 0.15) is 5.01 Å². The summed E-state index contributed by atoms with van der Waals surface area (Å²) < 4.78 is 38.7. The predicted molar refractivity (Wildman–Crippen MR) is 74.7 cm³/mol. The van der Waals surface area contributed by atoms with Crippen molar-refractivity contribution in [2.75, 3.05) is 11.1 Å². The van der Waals surface area contributed by atoms with E-state index < -0.39 is 11.7 Å². The van der Waals surface area contributed by atoms with E-state index in [0.717, 1.165) is 22.4 Å². The second-order valence-corrected chi connectivity index (χ2v) is 5.43. The normalized spacial score (nSPS) is 11.6. The Kier molecular flexibility index (Phi) is 4.17. The molecule has 0 unspecified atom stereocenters. The molecule has 0 aliphatic heterocycles. The summed E-state index contributed by atoms with van der Waals surface area (Å²) in [4.78, 5) is 5.27. The van der Waals surface area contributed by atoms with Crippen molar-refractivity contribution >= 4 is 22.7 Å². The average molecular weight is 301 g/mol. The zero-order valence-corrected chi connectivity index (χ0v) is 11.6. The molecule has 0 saturated heterocycles. The van der Waals surface area contributed by atoms with Gasteiger partial charge in [-0.15, -0.1) is 11.3 Å². The summed E-state index contributed by atoms with van der Waals surface area (Å²) in [6, 6.07) is 3.71. The highest BCUT2D eigenvalue weighted by atomic mass is 32.1. The number of aryl methyl sites for hydroxylation is 1. The first-order valence-corrected chi connectivity index (χ1v) is 6.86. The van der Waals surface area contributed by atoms with Crippen molar-refractivity contribution in [3.63, 3.8) is 0 Å². The summed E-state index contributed by atoms with van der Waals surface area (Å²) in [7, 11) is 0. The van der Waals surface area contributed by atoms with Crippen LogP contribution in [0.15, 0.2) is 24.4 Å². The van der Waals surface area contributed by atoms with Crippen LogP contribution in [0.3, 0.4) is 0 Å². The van der Waals surface area contributed by atoms with Crippen LogP contribution in [0.4, 0.5) is 24.5 Å². The molecule has 0 amide bonds. The van der Waals surface area contributed by atoms with Gasteiger partial charge in [0.25, 0.3) is 0 Å². The largest absolute Gasteiger partial charge is 0.418 e. The van der Waals surface area contributed by atoms with Crippen molar-refractivity contribution in [2.24, 2.45) is 0 Å². The van der Waals surface area contributed by atoms with Crippen LogP contribution in [0, 0.1) is 0 Å². The van der Waals surface area contributed by atoms with E-state index in [0.29, 0.717) is 0 Å². The van der Waals surface area contributed by atoms with Crippen LogP contribution in [0.1, 0.15) is 22.4 Å². The Morgan fingerprint density at radius 1 is 1.35 bits per heavy atom. The van der Waals surface area contributed by atoms with Gasteiger partial charge in [-0.05, 0) is 24.6 Å². The highest BCUT2D eigenvalue weighted by molar-refractivity contribution is 7.11. The molecule has 0 atom stereocenters. The van der Waals surface area contributed by atoms with Crippen molar-refractivity contribution < 1.29 is 13.2 Å². The minimum atomic E-state index is -4.44. The summed E-state index contributed by atoms with van der Waals surface area (Å²) in [6.45, 7) is 2.27. The van der Waals surface area contributed by atoms with Gasteiger partial charge in [0.15, 0.2) is 0 Å². The molecule has 7 heteroatoms. The van der Waals surface area contributed by atoms with Gasteiger partial charge >= 0.3 is 6.18 Å². The zero-order valence-electron chi connectivity index (χ0n) is 10.8. The molecule has 0 bridgehead atoms. The number of halogens is 3. The lowest BCUT2D eigenvalue weighted by Gasteiger charge is -2.14. The van der Waals surface area contributed by atoms with Gasteiger partial charge in [-0.25, -0.2) is 4.98 Å². The molecule has 3 N–H and O–H groups in total. The zero-order chi connectivity index (χ0) is 14.8. The van der Waals surface area contributed by atoms with Crippen LogP contribution in [0.2, 0.25) is 0 Å². The number of anilines is 2. The Bertz CT molecular complexity index is 593. The topological polar surface area (TPSA) is 50.9 Å². The molecule has 2 rings (SSSR count). The standard InChI is InChI=1S/C13H14F3N3S/c1-2-9-6-19-12(20-9)7-18-11-4-3-8(17)5-10(11)13(14,15)16/h3-6,18H,2,7,17H2,1H3. The van der Waals surface area contributed by atoms with Crippen LogP contribution in [0.25, 0.3) is 0 Å². The van der Waals surface area contributed by atoms with E-state index >= 15 is 0 Å². The fourth-order valence-electron chi connectivity index (χ4n) is 1.71. The number of nitrogens with two attached hydrogens (primary N) is 1. The molecule has 1 heterocycles. The van der Waals surface area contributed by atoms with Crippen LogP contribution in [-0.4, -0.2) is 4.98 Å². The molecule has 0 saturated carbocycles. The van der Waals surface area contributed by atoms with Gasteiger partial charge in [0.05, 0.1) is 12.1 Å². The van der Waals surface area contributed by atoms with E-state index in [1.807, 2.05) is 6.92 Å². The third kappa shape index (κ3) is 3.41. The first-order chi connectivity index (χ1) is 9.40. The molecule has 0 radical (unpaired) electrons. The van der Waals surface area contributed by atoms with Gasteiger partial charge in [0, 0.05) is 22.4 Å². The lowest BCUT2D eigenvalue weighted by Crippen LogP contribution is -2.11. The number of nitrogens with zero attached hydrogens (tertiary/aromatic N) is 1. The molecule has 1 aromatic carbocycles. The number of nitrogens with one attached hydrogen (secondary N) is 1. The smallest absolute Gasteiger partial charge is 0.399 e. The molecular formula is C13H14F3N3S. The predicted octanol–water partition coefficient (Wildman–Crippen LogP) is 3.92. The summed E-state index contributed by atoms with van der Waals surface area (Å²) in [5.41, 5.74) is 4.76. The summed E-state index contributed by atoms with van der Waals surface area (Å²) in [6.07, 6.45) is -1.82. The third-order valence-electron chi connectivity index (χ3n) is 2.73. The maximum Gasteiger partial charge on any atom is 0.418 e. The minimum absolute atomic E-state index is 0.0138. The average Bonchev–Trinajstić information content (AvgIpc) is 2.84. The number of rotatable bonds is 4. The lowest BCUT2D eigenvalue weighted by atomic mass is 10.1. The van der Waals surface area contributed by atoms with Gasteiger partial charge in [0.2, 0.25) is 0 Å². The first-order valence-electron chi connectivity index (χ1n) is 6.04. The Morgan fingerprint density at radius 3 is 2.70 bits per heavy atom. The number of aromatic nitrogens is 1. The van der Waals surface area contributed by atoms with Crippen molar-refractivity contribution in [2.45, 2.75) is 26.1 Å². The Morgan fingerprint density at radius 2 is 2.10 bits per heavy atom. The number of alkyl halides is 3. The Hall–Kier alpha value is -1.76. The summed E-state index contributed by atoms with van der Waals surface area (Å²) >= 11 is 1.49. The molecule has 3 nitrogen and oxygen atoms in total. The molecule has 2 aromatic rings. The van der Waals surface area contributed by atoms with E-state index in [4.69, 9.17) is 5.73 Å². The molecule has 0 spiro atoms. The van der Waals surface area contributed by atoms with Crippen LogP contribution in [-0.2, 0) is 19.1 Å². The van der Waals surface area contributed by atoms with Crippen molar-refractivity contribution in [3.05, 3.63) is 39.8 Å². The number of benzene rings is 1. The lowest BCUT2D eigenvalue weighted by molar-refractivity contribution is -0.136. The Balaban J connectivity index is 2.17. The van der Waals surface area contributed by atoms with Gasteiger partial charge in [-0.1, -0.05) is 6.92 Å². The number of hydrogen-bond acceptors (Lipinski definition) is 4. The van der Waals surface area contributed by atoms with Gasteiger partial charge in [-0.2, -0.15) is 13.2 Å². The monoisotopic (exact) mass is 301 g/mol. The van der Waals surface area contributed by atoms with Crippen LogP contribution >= 0.6 is 11.3 Å². The van der Waals surface area contributed by atoms with Crippen molar-refractivity contribution in [1.29, 1.82) is 0 Å². The fourth-order valence-corrected chi connectivity index (χ4v) is 2.52. The van der Waals surface area contributed by atoms with Gasteiger partial charge < -0.3 is 11.1 Å². The SMILES string of the molecule is CCc1cnc(CNc2ccc(N)cc2C(F)(F)F)s1. The summed E-state index contributed by atoms with van der Waals surface area (Å²) in [5.74, 6) is 0. The first kappa shape index (κ1) is 14.6. The van der Waals surface area contributed by atoms with E-state index in [-0.39, 0.29) is 17.9 Å². The van der Waals surface area contributed by atoms with Crippen molar-refractivity contribution in [1.82, 2.24) is 4.98 Å². The van der Waals surface area contributed by atoms with E-state index in [2.05, 4.69) is 10.3 Å². The highest BCUT2D eigenvalue weighted by Gasteiger charge is 2.33. The Labute approximate surface area is 118 Å². The molecular weight excluding hydrogens is 287 g/mol. The summed E-state index contributed by atoms with van der Waals surface area (Å²) in [5, 5.41) is 3.53. The van der Waals surface area contributed by atoms with Gasteiger partial charge in [-0.3, -0.25) is 0 Å². The van der Waals surface area contributed by atoms with Crippen molar-refractivity contribution in [3.8, 4) is 0 Å². The minimum Gasteiger partial charge on any atom is -0.399 e. The number of nitrogen functional groups attached to an aromatic ring is 1. The number of hydrogen-bond donors (Lipinski definition) is 2.